The van der Waals surface area contributed by atoms with Crippen LogP contribution in [0.4, 0.5) is 5.82 Å². The number of fused-ring (bicyclic) bond motifs is 1. The first-order valence-electron chi connectivity index (χ1n) is 8.47. The van der Waals surface area contributed by atoms with Gasteiger partial charge in [-0.1, -0.05) is 37.3 Å². The number of imidazole rings is 1. The molecule has 0 bridgehead atoms. The number of nitrogens with one attached hydrogen (secondary N) is 1. The quantitative estimate of drug-likeness (QED) is 0.775. The summed E-state index contributed by atoms with van der Waals surface area (Å²) in [5.74, 6) is 0.771. The molecule has 1 unspecified atom stereocenters. The van der Waals surface area contributed by atoms with Crippen LogP contribution in [0.1, 0.15) is 44.0 Å². The fourth-order valence-electron chi connectivity index (χ4n) is 3.22. The van der Waals surface area contributed by atoms with Crippen LogP contribution in [0.3, 0.4) is 0 Å². The molecule has 1 N–H and O–H groups in total. The van der Waals surface area contributed by atoms with Crippen LogP contribution in [0.5, 0.6) is 0 Å². The Hall–Kier alpha value is -2.47. The summed E-state index contributed by atoms with van der Waals surface area (Å²) in [6.07, 6.45) is 6.47. The number of hydrogen-bond donors (Lipinski definition) is 1. The van der Waals surface area contributed by atoms with Gasteiger partial charge in [-0.25, -0.2) is 15.0 Å². The predicted molar refractivity (Wildman–Crippen MR) is 92.6 cm³/mol. The zero-order valence-corrected chi connectivity index (χ0v) is 13.7. The minimum Gasteiger partial charge on any atom is -0.361 e. The molecule has 1 aliphatic rings. The van der Waals surface area contributed by atoms with Crippen LogP contribution in [0.2, 0.25) is 0 Å². The lowest BCUT2D eigenvalue weighted by atomic mass is 10.0. The minimum atomic E-state index is 0.0360. The van der Waals surface area contributed by atoms with E-state index in [4.69, 9.17) is 4.74 Å². The Morgan fingerprint density at radius 1 is 1.25 bits per heavy atom. The van der Waals surface area contributed by atoms with Gasteiger partial charge in [-0.3, -0.25) is 4.57 Å². The summed E-state index contributed by atoms with van der Waals surface area (Å²) < 4.78 is 7.77. The summed E-state index contributed by atoms with van der Waals surface area (Å²) in [5.41, 5.74) is 2.86. The first-order valence-corrected chi connectivity index (χ1v) is 8.47. The molecule has 3 aromatic rings. The fourth-order valence-corrected chi connectivity index (χ4v) is 3.22. The van der Waals surface area contributed by atoms with Crippen LogP contribution in [0.25, 0.3) is 11.2 Å². The van der Waals surface area contributed by atoms with E-state index in [1.807, 2.05) is 17.0 Å². The summed E-state index contributed by atoms with van der Waals surface area (Å²) in [5, 5.41) is 3.52. The molecule has 1 saturated heterocycles. The highest BCUT2D eigenvalue weighted by Crippen LogP contribution is 2.29. The second-order valence-electron chi connectivity index (χ2n) is 6.03. The lowest BCUT2D eigenvalue weighted by Gasteiger charge is -2.18. The van der Waals surface area contributed by atoms with Gasteiger partial charge in [0.15, 0.2) is 17.0 Å². The van der Waals surface area contributed by atoms with Gasteiger partial charge >= 0.3 is 0 Å². The second-order valence-corrected chi connectivity index (χ2v) is 6.03. The molecule has 2 aromatic heterocycles. The zero-order valence-electron chi connectivity index (χ0n) is 13.7. The molecular weight excluding hydrogens is 302 g/mol. The van der Waals surface area contributed by atoms with Crippen LogP contribution in [-0.4, -0.2) is 26.1 Å². The summed E-state index contributed by atoms with van der Waals surface area (Å²) >= 11 is 0. The maximum absolute atomic E-state index is 5.76. The van der Waals surface area contributed by atoms with Crippen molar-refractivity contribution in [2.45, 2.75) is 38.5 Å². The maximum atomic E-state index is 5.76. The van der Waals surface area contributed by atoms with E-state index in [9.17, 15) is 0 Å². The van der Waals surface area contributed by atoms with Gasteiger partial charge in [-0.05, 0) is 24.8 Å². The predicted octanol–water partition coefficient (Wildman–Crippen LogP) is 3.70. The van der Waals surface area contributed by atoms with E-state index in [1.54, 1.807) is 6.33 Å². The monoisotopic (exact) mass is 323 g/mol. The van der Waals surface area contributed by atoms with Crippen LogP contribution in [0, 0.1) is 0 Å². The van der Waals surface area contributed by atoms with Gasteiger partial charge in [0.1, 0.15) is 12.6 Å². The molecule has 3 heterocycles. The van der Waals surface area contributed by atoms with Gasteiger partial charge < -0.3 is 10.1 Å². The average Bonchev–Trinajstić information content (AvgIpc) is 3.29. The topological polar surface area (TPSA) is 64.9 Å². The Morgan fingerprint density at radius 2 is 2.12 bits per heavy atom. The number of nitrogens with zero attached hydrogens (tertiary/aromatic N) is 4. The number of aromatic nitrogens is 4. The molecule has 1 aromatic carbocycles. The van der Waals surface area contributed by atoms with Crippen LogP contribution in [-0.2, 0) is 4.74 Å². The Kier molecular flexibility index (Phi) is 4.13. The van der Waals surface area contributed by atoms with E-state index in [0.717, 1.165) is 42.9 Å². The summed E-state index contributed by atoms with van der Waals surface area (Å²) in [6.45, 7) is 2.96. The highest BCUT2D eigenvalue weighted by molar-refractivity contribution is 5.82. The Bertz CT molecular complexity index is 811. The van der Waals surface area contributed by atoms with Crippen molar-refractivity contribution >= 4 is 17.0 Å². The Labute approximate surface area is 140 Å². The lowest BCUT2D eigenvalue weighted by Crippen LogP contribution is -2.12. The lowest BCUT2D eigenvalue weighted by molar-refractivity contribution is 0.0593. The van der Waals surface area contributed by atoms with Crippen LogP contribution >= 0.6 is 0 Å². The van der Waals surface area contributed by atoms with Crippen molar-refractivity contribution in [2.75, 3.05) is 11.9 Å². The maximum Gasteiger partial charge on any atom is 0.167 e. The van der Waals surface area contributed by atoms with Gasteiger partial charge in [0.25, 0.3) is 0 Å². The molecule has 2 atom stereocenters. The van der Waals surface area contributed by atoms with E-state index in [0.29, 0.717) is 0 Å². The number of rotatable bonds is 5. The third kappa shape index (κ3) is 2.73. The van der Waals surface area contributed by atoms with Crippen molar-refractivity contribution in [1.82, 2.24) is 19.5 Å². The van der Waals surface area contributed by atoms with Gasteiger partial charge in [-0.2, -0.15) is 0 Å². The molecule has 0 saturated carbocycles. The van der Waals surface area contributed by atoms with Crippen LogP contribution < -0.4 is 5.32 Å². The van der Waals surface area contributed by atoms with Gasteiger partial charge in [0, 0.05) is 6.61 Å². The van der Waals surface area contributed by atoms with Crippen molar-refractivity contribution in [1.29, 1.82) is 0 Å². The standard InChI is InChI=1S/C18H21N5O/c1-2-14(13-7-4-3-5-8-13)22-17-16-18(20-11-19-17)23(12-21-16)15-9-6-10-24-15/h3-5,7-8,11-12,14-15H,2,6,9-10H2,1H3,(H,19,20,22)/t14-,15?/m0/s1. The Balaban J connectivity index is 1.67. The van der Waals surface area contributed by atoms with E-state index < -0.39 is 0 Å². The van der Waals surface area contributed by atoms with Crippen molar-refractivity contribution in [2.24, 2.45) is 0 Å². The molecule has 1 fully saturated rings. The van der Waals surface area contributed by atoms with E-state index in [-0.39, 0.29) is 12.3 Å². The molecule has 0 amide bonds. The average molecular weight is 323 g/mol. The molecule has 0 spiro atoms. The Morgan fingerprint density at radius 3 is 2.88 bits per heavy atom. The molecule has 124 valence electrons. The fraction of sp³-hybridized carbons (Fsp3) is 0.389. The van der Waals surface area contributed by atoms with Crippen molar-refractivity contribution in [3.8, 4) is 0 Å². The third-order valence-electron chi connectivity index (χ3n) is 4.50. The number of anilines is 1. The van der Waals surface area contributed by atoms with Crippen LogP contribution in [0.15, 0.2) is 43.0 Å². The number of ether oxygens (including phenoxy) is 1. The third-order valence-corrected chi connectivity index (χ3v) is 4.50. The smallest absolute Gasteiger partial charge is 0.167 e. The van der Waals surface area contributed by atoms with E-state index in [2.05, 4.69) is 51.5 Å². The molecule has 0 radical (unpaired) electrons. The van der Waals surface area contributed by atoms with Gasteiger partial charge in [-0.15, -0.1) is 0 Å². The van der Waals surface area contributed by atoms with E-state index >= 15 is 0 Å². The normalized spacial score (nSPS) is 18.8. The zero-order chi connectivity index (χ0) is 16.4. The van der Waals surface area contributed by atoms with Gasteiger partial charge in [0.05, 0.1) is 12.4 Å². The summed E-state index contributed by atoms with van der Waals surface area (Å²) in [7, 11) is 0. The molecule has 6 heteroatoms. The van der Waals surface area contributed by atoms with E-state index in [1.165, 1.54) is 5.56 Å². The molecular formula is C18H21N5O. The molecule has 0 aliphatic carbocycles. The van der Waals surface area contributed by atoms with Crippen molar-refractivity contribution < 1.29 is 4.74 Å². The first-order chi connectivity index (χ1) is 11.9. The first kappa shape index (κ1) is 15.1. The second kappa shape index (κ2) is 6.57. The highest BCUT2D eigenvalue weighted by atomic mass is 16.5. The van der Waals surface area contributed by atoms with Gasteiger partial charge in [0.2, 0.25) is 0 Å². The van der Waals surface area contributed by atoms with Crippen molar-refractivity contribution in [3.63, 3.8) is 0 Å². The molecule has 6 nitrogen and oxygen atoms in total. The summed E-state index contributed by atoms with van der Waals surface area (Å²) in [4.78, 5) is 13.4. The number of hydrogen-bond acceptors (Lipinski definition) is 5. The molecule has 1 aliphatic heterocycles. The largest absolute Gasteiger partial charge is 0.361 e. The minimum absolute atomic E-state index is 0.0360. The highest BCUT2D eigenvalue weighted by Gasteiger charge is 2.22. The van der Waals surface area contributed by atoms with Crippen molar-refractivity contribution in [3.05, 3.63) is 48.5 Å². The summed E-state index contributed by atoms with van der Waals surface area (Å²) in [6, 6.07) is 10.6. The molecule has 4 rings (SSSR count). The molecule has 24 heavy (non-hydrogen) atoms. The SMILES string of the molecule is CC[C@H](Nc1ncnc2c1ncn2C1CCCO1)c1ccccc1. The number of benzene rings is 1.